The third-order valence-corrected chi connectivity index (χ3v) is 2.94. The first-order valence-electron chi connectivity index (χ1n) is 6.67. The third-order valence-electron chi connectivity index (χ3n) is 2.94. The molecular weight excluding hydrogens is 302 g/mol. The Morgan fingerprint density at radius 2 is 1.96 bits per heavy atom. The van der Waals surface area contributed by atoms with Gasteiger partial charge in [-0.25, -0.2) is 0 Å². The summed E-state index contributed by atoms with van der Waals surface area (Å²) >= 11 is 0. The van der Waals surface area contributed by atoms with Gasteiger partial charge in [-0.2, -0.15) is 14.0 Å². The van der Waals surface area contributed by atoms with Gasteiger partial charge in [-0.1, -0.05) is 24.3 Å². The molecule has 0 fully saturated rings. The average Bonchev–Trinajstić information content (AvgIpc) is 2.55. The van der Waals surface area contributed by atoms with Crippen molar-refractivity contribution in [3.05, 3.63) is 66.0 Å². The minimum absolute atomic E-state index is 0.0341. The Morgan fingerprint density at radius 3 is 2.52 bits per heavy atom. The van der Waals surface area contributed by atoms with Crippen molar-refractivity contribution < 1.29 is 18.3 Å². The summed E-state index contributed by atoms with van der Waals surface area (Å²) in [5, 5.41) is 9.14. The molecule has 1 atom stereocenters. The lowest BCUT2D eigenvalue weighted by atomic mass is 10.00. The van der Waals surface area contributed by atoms with E-state index in [-0.39, 0.29) is 5.75 Å². The van der Waals surface area contributed by atoms with Crippen molar-refractivity contribution in [2.75, 3.05) is 0 Å². The molecule has 4 nitrogen and oxygen atoms in total. The molecule has 0 aliphatic heterocycles. The van der Waals surface area contributed by atoms with E-state index >= 15 is 0 Å². The summed E-state index contributed by atoms with van der Waals surface area (Å²) in [6.45, 7) is -2.88. The molecule has 0 N–H and O–H groups in total. The molecule has 23 heavy (non-hydrogen) atoms. The molecule has 1 aromatic carbocycles. The smallest absolute Gasteiger partial charge is 0.387 e. The van der Waals surface area contributed by atoms with Crippen molar-refractivity contribution in [1.82, 2.24) is 4.98 Å². The SMILES string of the molecule is N#C[C@H](C(=O)/C=C/c1ccc(OC(F)F)cc1)c1ccccn1. The number of carbonyl (C=O) groups excluding carboxylic acids is 1. The van der Waals surface area contributed by atoms with E-state index in [1.54, 1.807) is 18.2 Å². The standard InChI is InChI=1S/C17H12F2N2O2/c18-17(19)23-13-7-4-12(5-8-13)6-9-16(22)14(11-20)15-3-1-2-10-21-15/h1-10,14,17H/b9-6+/t14-/m0/s1. The molecule has 0 aliphatic carbocycles. The summed E-state index contributed by atoms with van der Waals surface area (Å²) in [5.74, 6) is -1.35. The number of hydrogen-bond acceptors (Lipinski definition) is 4. The van der Waals surface area contributed by atoms with Crippen LogP contribution in [0.2, 0.25) is 0 Å². The number of ketones is 1. The number of carbonyl (C=O) groups is 1. The van der Waals surface area contributed by atoms with Crippen molar-refractivity contribution in [1.29, 1.82) is 5.26 Å². The lowest BCUT2D eigenvalue weighted by Crippen LogP contribution is -2.09. The van der Waals surface area contributed by atoms with Crippen LogP contribution in [-0.4, -0.2) is 17.4 Å². The van der Waals surface area contributed by atoms with Gasteiger partial charge in [-0.3, -0.25) is 9.78 Å². The van der Waals surface area contributed by atoms with Crippen LogP contribution in [0.1, 0.15) is 17.2 Å². The Labute approximate surface area is 131 Å². The van der Waals surface area contributed by atoms with Crippen LogP contribution < -0.4 is 4.74 Å². The number of allylic oxidation sites excluding steroid dienone is 1. The lowest BCUT2D eigenvalue weighted by Gasteiger charge is -2.05. The van der Waals surface area contributed by atoms with Gasteiger partial charge >= 0.3 is 6.61 Å². The average molecular weight is 314 g/mol. The first-order chi connectivity index (χ1) is 11.1. The zero-order valence-electron chi connectivity index (χ0n) is 11.9. The van der Waals surface area contributed by atoms with Gasteiger partial charge in [0.25, 0.3) is 0 Å². The minimum Gasteiger partial charge on any atom is -0.435 e. The van der Waals surface area contributed by atoms with Gasteiger partial charge in [0.05, 0.1) is 11.8 Å². The van der Waals surface area contributed by atoms with Crippen molar-refractivity contribution in [2.24, 2.45) is 0 Å². The Morgan fingerprint density at radius 1 is 1.22 bits per heavy atom. The maximum Gasteiger partial charge on any atom is 0.387 e. The molecular formula is C17H12F2N2O2. The first-order valence-corrected chi connectivity index (χ1v) is 6.67. The zero-order valence-corrected chi connectivity index (χ0v) is 11.9. The van der Waals surface area contributed by atoms with Gasteiger partial charge in [0.2, 0.25) is 0 Å². The zero-order chi connectivity index (χ0) is 16.7. The normalized spacial score (nSPS) is 12.1. The van der Waals surface area contributed by atoms with Crippen LogP contribution in [0.3, 0.4) is 0 Å². The van der Waals surface area contributed by atoms with E-state index in [4.69, 9.17) is 5.26 Å². The molecule has 0 bridgehead atoms. The quantitative estimate of drug-likeness (QED) is 0.765. The van der Waals surface area contributed by atoms with E-state index in [1.807, 2.05) is 6.07 Å². The number of nitrogens with zero attached hydrogens (tertiary/aromatic N) is 2. The maximum atomic E-state index is 12.1. The van der Waals surface area contributed by atoms with E-state index in [0.717, 1.165) is 0 Å². The van der Waals surface area contributed by atoms with Crippen LogP contribution in [0.4, 0.5) is 8.78 Å². The molecule has 1 heterocycles. The van der Waals surface area contributed by atoms with Crippen LogP contribution >= 0.6 is 0 Å². The number of benzene rings is 1. The van der Waals surface area contributed by atoms with E-state index in [1.165, 1.54) is 42.6 Å². The highest BCUT2D eigenvalue weighted by atomic mass is 19.3. The molecule has 0 spiro atoms. The second-order valence-electron chi connectivity index (χ2n) is 4.50. The Bertz CT molecular complexity index is 723. The van der Waals surface area contributed by atoms with Crippen LogP contribution in [-0.2, 0) is 4.79 Å². The van der Waals surface area contributed by atoms with E-state index in [2.05, 4.69) is 9.72 Å². The number of ether oxygens (including phenoxy) is 1. The Hall–Kier alpha value is -3.07. The van der Waals surface area contributed by atoms with Gasteiger partial charge in [-0.05, 0) is 35.9 Å². The van der Waals surface area contributed by atoms with Crippen LogP contribution in [0, 0.1) is 11.3 Å². The van der Waals surface area contributed by atoms with Gasteiger partial charge in [0.15, 0.2) is 11.7 Å². The minimum atomic E-state index is -2.88. The van der Waals surface area contributed by atoms with Crippen molar-refractivity contribution in [3.63, 3.8) is 0 Å². The largest absolute Gasteiger partial charge is 0.435 e. The fraction of sp³-hybridized carbons (Fsp3) is 0.118. The van der Waals surface area contributed by atoms with Crippen molar-refractivity contribution in [3.8, 4) is 11.8 Å². The predicted molar refractivity (Wildman–Crippen MR) is 79.7 cm³/mol. The number of halogens is 2. The van der Waals surface area contributed by atoms with Crippen LogP contribution in [0.5, 0.6) is 5.75 Å². The number of hydrogen-bond donors (Lipinski definition) is 0. The predicted octanol–water partition coefficient (Wildman–Crippen LogP) is 3.57. The highest BCUT2D eigenvalue weighted by molar-refractivity contribution is 6.00. The molecule has 6 heteroatoms. The highest BCUT2D eigenvalue weighted by Crippen LogP contribution is 2.17. The molecule has 1 aromatic heterocycles. The van der Waals surface area contributed by atoms with E-state index < -0.39 is 18.3 Å². The van der Waals surface area contributed by atoms with E-state index in [9.17, 15) is 13.6 Å². The van der Waals surface area contributed by atoms with Crippen LogP contribution in [0.25, 0.3) is 6.08 Å². The molecule has 0 amide bonds. The summed E-state index contributed by atoms with van der Waals surface area (Å²) in [6, 6.07) is 12.7. The monoisotopic (exact) mass is 314 g/mol. The molecule has 2 aromatic rings. The molecule has 0 saturated heterocycles. The molecule has 2 rings (SSSR count). The fourth-order valence-corrected chi connectivity index (χ4v) is 1.86. The lowest BCUT2D eigenvalue weighted by molar-refractivity contribution is -0.114. The molecule has 0 radical (unpaired) electrons. The number of nitriles is 1. The van der Waals surface area contributed by atoms with Gasteiger partial charge in [0, 0.05) is 6.20 Å². The summed E-state index contributed by atoms with van der Waals surface area (Å²) in [7, 11) is 0. The van der Waals surface area contributed by atoms with Gasteiger partial charge in [-0.15, -0.1) is 0 Å². The fourth-order valence-electron chi connectivity index (χ4n) is 1.86. The molecule has 0 unspecified atom stereocenters. The highest BCUT2D eigenvalue weighted by Gasteiger charge is 2.18. The number of aromatic nitrogens is 1. The second-order valence-corrected chi connectivity index (χ2v) is 4.50. The number of alkyl halides is 2. The molecule has 116 valence electrons. The van der Waals surface area contributed by atoms with Gasteiger partial charge in [0.1, 0.15) is 5.75 Å². The number of pyridine rings is 1. The summed E-state index contributed by atoms with van der Waals surface area (Å²) in [5.41, 5.74) is 1.00. The summed E-state index contributed by atoms with van der Waals surface area (Å²) < 4.78 is 28.3. The van der Waals surface area contributed by atoms with Gasteiger partial charge < -0.3 is 4.74 Å². The van der Waals surface area contributed by atoms with Crippen molar-refractivity contribution >= 4 is 11.9 Å². The van der Waals surface area contributed by atoms with Crippen LogP contribution in [0.15, 0.2) is 54.7 Å². The first kappa shape index (κ1) is 16.3. The Balaban J connectivity index is 2.07. The maximum absolute atomic E-state index is 12.1. The number of rotatable bonds is 6. The third kappa shape index (κ3) is 4.71. The second kappa shape index (κ2) is 7.80. The molecule has 0 aliphatic rings. The van der Waals surface area contributed by atoms with Crippen molar-refractivity contribution in [2.45, 2.75) is 12.5 Å². The molecule has 0 saturated carbocycles. The van der Waals surface area contributed by atoms with E-state index in [0.29, 0.717) is 11.3 Å². The summed E-state index contributed by atoms with van der Waals surface area (Å²) in [6.07, 6.45) is 4.28. The summed E-state index contributed by atoms with van der Waals surface area (Å²) in [4.78, 5) is 16.1. The topological polar surface area (TPSA) is 63.0 Å². The Kier molecular flexibility index (Phi) is 5.53.